The number of rotatable bonds is 4. The van der Waals surface area contributed by atoms with Crippen LogP contribution in [0.5, 0.6) is 0 Å². The summed E-state index contributed by atoms with van der Waals surface area (Å²) in [5, 5.41) is 5.68. The third kappa shape index (κ3) is 2.79. The van der Waals surface area contributed by atoms with Crippen LogP contribution in [-0.4, -0.2) is 15.9 Å². The zero-order chi connectivity index (χ0) is 16.4. The monoisotopic (exact) mass is 335 g/mol. The van der Waals surface area contributed by atoms with Crippen LogP contribution < -0.4 is 5.32 Å². The molecule has 0 bridgehead atoms. The Morgan fingerprint density at radius 2 is 2.08 bits per heavy atom. The number of nitrogens with one attached hydrogen (secondary N) is 1. The molecule has 24 heavy (non-hydrogen) atoms. The molecule has 0 aliphatic rings. The van der Waals surface area contributed by atoms with Crippen LogP contribution >= 0.6 is 11.3 Å². The van der Waals surface area contributed by atoms with E-state index in [9.17, 15) is 4.79 Å². The van der Waals surface area contributed by atoms with Crippen LogP contribution in [0.25, 0.3) is 21.7 Å². The van der Waals surface area contributed by atoms with E-state index in [-0.39, 0.29) is 5.91 Å². The Bertz CT molecular complexity index is 987. The van der Waals surface area contributed by atoms with Crippen LogP contribution in [0.15, 0.2) is 64.7 Å². The summed E-state index contributed by atoms with van der Waals surface area (Å²) in [4.78, 5) is 22.1. The van der Waals surface area contributed by atoms with Crippen LogP contribution in [0.1, 0.15) is 16.1 Å². The zero-order valence-corrected chi connectivity index (χ0v) is 13.4. The van der Waals surface area contributed by atoms with Crippen LogP contribution in [0.4, 0.5) is 0 Å². The SMILES string of the molecule is O=C(NCc1coc(-c2cccs2)n1)c1ccnc2ccccc12. The summed E-state index contributed by atoms with van der Waals surface area (Å²) in [6.07, 6.45) is 3.21. The summed E-state index contributed by atoms with van der Waals surface area (Å²) in [6, 6.07) is 13.2. The number of hydrogen-bond acceptors (Lipinski definition) is 5. The third-order valence-electron chi connectivity index (χ3n) is 3.61. The summed E-state index contributed by atoms with van der Waals surface area (Å²) in [7, 11) is 0. The number of amides is 1. The number of para-hydroxylation sites is 1. The minimum Gasteiger partial charge on any atom is -0.443 e. The Morgan fingerprint density at radius 1 is 1.17 bits per heavy atom. The second kappa shape index (κ2) is 6.25. The summed E-state index contributed by atoms with van der Waals surface area (Å²) in [6.45, 7) is 0.310. The molecule has 0 spiro atoms. The molecule has 1 N–H and O–H groups in total. The zero-order valence-electron chi connectivity index (χ0n) is 12.6. The number of benzene rings is 1. The molecule has 0 unspecified atom stereocenters. The predicted molar refractivity (Wildman–Crippen MR) is 92.7 cm³/mol. The fourth-order valence-electron chi connectivity index (χ4n) is 2.46. The van der Waals surface area contributed by atoms with Crippen molar-refractivity contribution in [2.24, 2.45) is 0 Å². The van der Waals surface area contributed by atoms with Gasteiger partial charge in [-0.15, -0.1) is 11.3 Å². The molecule has 0 radical (unpaired) electrons. The highest BCUT2D eigenvalue weighted by molar-refractivity contribution is 7.13. The summed E-state index contributed by atoms with van der Waals surface area (Å²) >= 11 is 1.56. The molecule has 0 aliphatic carbocycles. The van der Waals surface area contributed by atoms with Crippen molar-refractivity contribution in [1.82, 2.24) is 15.3 Å². The van der Waals surface area contributed by atoms with Gasteiger partial charge in [0.2, 0.25) is 5.89 Å². The van der Waals surface area contributed by atoms with Gasteiger partial charge < -0.3 is 9.73 Å². The minimum atomic E-state index is -0.158. The molecule has 3 aromatic heterocycles. The van der Waals surface area contributed by atoms with Gasteiger partial charge in [0.1, 0.15) is 6.26 Å². The molecule has 0 fully saturated rings. The first kappa shape index (κ1) is 14.6. The first-order valence-corrected chi connectivity index (χ1v) is 8.29. The average Bonchev–Trinajstić information content (AvgIpc) is 3.30. The van der Waals surface area contributed by atoms with Crippen molar-refractivity contribution in [3.8, 4) is 10.8 Å². The Balaban J connectivity index is 1.50. The molecule has 3 heterocycles. The van der Waals surface area contributed by atoms with Gasteiger partial charge >= 0.3 is 0 Å². The van der Waals surface area contributed by atoms with Crippen molar-refractivity contribution < 1.29 is 9.21 Å². The molecule has 0 saturated carbocycles. The van der Waals surface area contributed by atoms with E-state index in [0.717, 1.165) is 15.8 Å². The fourth-order valence-corrected chi connectivity index (χ4v) is 3.12. The molecule has 6 heteroatoms. The summed E-state index contributed by atoms with van der Waals surface area (Å²) in [5.41, 5.74) is 2.08. The van der Waals surface area contributed by atoms with Crippen molar-refractivity contribution in [1.29, 1.82) is 0 Å². The normalized spacial score (nSPS) is 10.8. The Hall–Kier alpha value is -2.99. The van der Waals surface area contributed by atoms with Gasteiger partial charge in [-0.1, -0.05) is 24.3 Å². The number of carbonyl (C=O) groups excluding carboxylic acids is 1. The van der Waals surface area contributed by atoms with E-state index in [4.69, 9.17) is 4.42 Å². The van der Waals surface area contributed by atoms with E-state index in [0.29, 0.717) is 23.7 Å². The summed E-state index contributed by atoms with van der Waals surface area (Å²) in [5.74, 6) is 0.415. The van der Waals surface area contributed by atoms with E-state index in [2.05, 4.69) is 15.3 Å². The van der Waals surface area contributed by atoms with Crippen molar-refractivity contribution in [2.75, 3.05) is 0 Å². The van der Waals surface area contributed by atoms with E-state index in [1.54, 1.807) is 29.9 Å². The van der Waals surface area contributed by atoms with E-state index < -0.39 is 0 Å². The largest absolute Gasteiger partial charge is 0.443 e. The maximum absolute atomic E-state index is 12.5. The number of fused-ring (bicyclic) bond motifs is 1. The highest BCUT2D eigenvalue weighted by Crippen LogP contribution is 2.23. The van der Waals surface area contributed by atoms with Crippen molar-refractivity contribution in [3.05, 3.63) is 71.6 Å². The van der Waals surface area contributed by atoms with Gasteiger partial charge in [0.05, 0.1) is 28.2 Å². The lowest BCUT2D eigenvalue weighted by Crippen LogP contribution is -2.23. The number of thiophene rings is 1. The standard InChI is InChI=1S/C18H13N3O2S/c22-17(14-7-8-19-15-5-2-1-4-13(14)15)20-10-12-11-23-18(21-12)16-6-3-9-24-16/h1-9,11H,10H2,(H,20,22). The smallest absolute Gasteiger partial charge is 0.252 e. The lowest BCUT2D eigenvalue weighted by atomic mass is 10.1. The average molecular weight is 335 g/mol. The maximum Gasteiger partial charge on any atom is 0.252 e. The lowest BCUT2D eigenvalue weighted by Gasteiger charge is -2.06. The number of pyridine rings is 1. The van der Waals surface area contributed by atoms with Crippen LogP contribution in [0.3, 0.4) is 0 Å². The molecule has 118 valence electrons. The summed E-state index contributed by atoms with van der Waals surface area (Å²) < 4.78 is 5.46. The minimum absolute atomic E-state index is 0.158. The molecule has 0 saturated heterocycles. The van der Waals surface area contributed by atoms with Crippen LogP contribution in [0, 0.1) is 0 Å². The van der Waals surface area contributed by atoms with Gasteiger partial charge in [0.25, 0.3) is 5.91 Å². The van der Waals surface area contributed by atoms with Crippen molar-refractivity contribution in [2.45, 2.75) is 6.54 Å². The highest BCUT2D eigenvalue weighted by atomic mass is 32.1. The van der Waals surface area contributed by atoms with E-state index in [1.165, 1.54) is 0 Å². The van der Waals surface area contributed by atoms with Crippen LogP contribution in [0.2, 0.25) is 0 Å². The molecule has 1 aromatic carbocycles. The highest BCUT2D eigenvalue weighted by Gasteiger charge is 2.12. The Morgan fingerprint density at radius 3 is 2.96 bits per heavy atom. The fraction of sp³-hybridized carbons (Fsp3) is 0.0556. The molecule has 1 amide bonds. The predicted octanol–water partition coefficient (Wildman–Crippen LogP) is 3.88. The van der Waals surface area contributed by atoms with Crippen molar-refractivity contribution in [3.63, 3.8) is 0 Å². The number of carbonyl (C=O) groups is 1. The molecule has 5 nitrogen and oxygen atoms in total. The lowest BCUT2D eigenvalue weighted by molar-refractivity contribution is 0.0952. The Kier molecular flexibility index (Phi) is 3.80. The molecule has 4 rings (SSSR count). The topological polar surface area (TPSA) is 68.0 Å². The van der Waals surface area contributed by atoms with Crippen molar-refractivity contribution >= 4 is 28.1 Å². The number of nitrogens with zero attached hydrogens (tertiary/aromatic N) is 2. The van der Waals surface area contributed by atoms with Gasteiger partial charge in [-0.05, 0) is 23.6 Å². The van der Waals surface area contributed by atoms with Crippen LogP contribution in [-0.2, 0) is 6.54 Å². The maximum atomic E-state index is 12.5. The van der Waals surface area contributed by atoms with E-state index >= 15 is 0 Å². The van der Waals surface area contributed by atoms with Gasteiger partial charge in [0.15, 0.2) is 0 Å². The first-order chi connectivity index (χ1) is 11.8. The van der Waals surface area contributed by atoms with E-state index in [1.807, 2.05) is 41.8 Å². The second-order valence-electron chi connectivity index (χ2n) is 5.18. The number of oxazole rings is 1. The molecule has 4 aromatic rings. The van der Waals surface area contributed by atoms with Gasteiger partial charge in [-0.2, -0.15) is 0 Å². The van der Waals surface area contributed by atoms with Gasteiger partial charge in [0, 0.05) is 11.6 Å². The van der Waals surface area contributed by atoms with Gasteiger partial charge in [-0.3, -0.25) is 9.78 Å². The molecule has 0 aliphatic heterocycles. The third-order valence-corrected chi connectivity index (χ3v) is 4.47. The molecular formula is C18H13N3O2S. The quantitative estimate of drug-likeness (QED) is 0.614. The molecule has 0 atom stereocenters. The number of hydrogen-bond donors (Lipinski definition) is 1. The van der Waals surface area contributed by atoms with Gasteiger partial charge in [-0.25, -0.2) is 4.98 Å². The molecular weight excluding hydrogens is 322 g/mol. The Labute approximate surface area is 142 Å². The second-order valence-corrected chi connectivity index (χ2v) is 6.13. The number of aromatic nitrogens is 2. The first-order valence-electron chi connectivity index (χ1n) is 7.41.